The van der Waals surface area contributed by atoms with Crippen molar-refractivity contribution in [2.45, 2.75) is 45.8 Å². The van der Waals surface area contributed by atoms with Gasteiger partial charge < -0.3 is 20.2 Å². The molecule has 2 amide bonds. The Morgan fingerprint density at radius 2 is 2.14 bits per heavy atom. The highest BCUT2D eigenvalue weighted by Gasteiger charge is 2.26. The van der Waals surface area contributed by atoms with Crippen LogP contribution in [-0.2, 0) is 16.9 Å². The highest BCUT2D eigenvalue weighted by atomic mass is 16.3. The van der Waals surface area contributed by atoms with E-state index in [2.05, 4.69) is 20.7 Å². The molecule has 2 aromatic carbocycles. The highest BCUT2D eigenvalue weighted by Crippen LogP contribution is 2.32. The number of benzene rings is 2. The van der Waals surface area contributed by atoms with Crippen LogP contribution in [0.25, 0.3) is 22.4 Å². The molecule has 1 aliphatic heterocycles. The van der Waals surface area contributed by atoms with Crippen LogP contribution < -0.4 is 10.6 Å². The van der Waals surface area contributed by atoms with Gasteiger partial charge in [-0.15, -0.1) is 0 Å². The number of oxazole rings is 1. The first-order valence-corrected chi connectivity index (χ1v) is 12.0. The van der Waals surface area contributed by atoms with Crippen LogP contribution in [0.3, 0.4) is 0 Å². The second-order valence-corrected chi connectivity index (χ2v) is 9.83. The van der Waals surface area contributed by atoms with Gasteiger partial charge >= 0.3 is 0 Å². The van der Waals surface area contributed by atoms with Gasteiger partial charge in [0.1, 0.15) is 6.26 Å². The molecule has 0 bridgehead atoms. The smallest absolute Gasteiger partial charge is 0.277 e. The van der Waals surface area contributed by atoms with Crippen LogP contribution >= 0.6 is 0 Å². The first-order valence-electron chi connectivity index (χ1n) is 12.0. The number of nitrogens with one attached hydrogen (secondary N) is 2. The molecule has 3 N–H and O–H groups in total. The lowest BCUT2D eigenvalue weighted by Crippen LogP contribution is -2.21. The zero-order valence-corrected chi connectivity index (χ0v) is 20.5. The van der Waals surface area contributed by atoms with Crippen LogP contribution in [0.4, 0.5) is 5.69 Å². The topological polar surface area (TPSA) is 122 Å². The van der Waals surface area contributed by atoms with E-state index in [1.54, 1.807) is 26.0 Å². The third kappa shape index (κ3) is 4.87. The fraction of sp³-hybridized carbons (Fsp3) is 0.333. The number of amides is 2. The summed E-state index contributed by atoms with van der Waals surface area (Å²) in [6, 6.07) is 11.3. The zero-order valence-electron chi connectivity index (χ0n) is 20.5. The fourth-order valence-corrected chi connectivity index (χ4v) is 4.53. The Balaban J connectivity index is 1.39. The van der Waals surface area contributed by atoms with Crippen molar-refractivity contribution in [3.8, 4) is 11.5 Å². The fourth-order valence-electron chi connectivity index (χ4n) is 4.53. The van der Waals surface area contributed by atoms with E-state index in [1.807, 2.05) is 42.1 Å². The molecule has 0 radical (unpaired) electrons. The molecule has 3 heterocycles. The number of fused-ring (bicyclic) bond motifs is 1. The largest absolute Gasteiger partial charge is 0.444 e. The highest BCUT2D eigenvalue weighted by molar-refractivity contribution is 6.04. The summed E-state index contributed by atoms with van der Waals surface area (Å²) in [4.78, 5) is 29.3. The first-order chi connectivity index (χ1) is 17.2. The Morgan fingerprint density at radius 1 is 1.31 bits per heavy atom. The van der Waals surface area contributed by atoms with E-state index in [0.29, 0.717) is 35.6 Å². The Bertz CT molecular complexity index is 1450. The molecular formula is C27H29N5O4. The van der Waals surface area contributed by atoms with Crippen LogP contribution in [-0.4, -0.2) is 38.2 Å². The van der Waals surface area contributed by atoms with Gasteiger partial charge in [0, 0.05) is 47.4 Å². The average molecular weight is 488 g/mol. The zero-order chi connectivity index (χ0) is 25.4. The van der Waals surface area contributed by atoms with Crippen LogP contribution in [0.1, 0.15) is 48.3 Å². The normalized spacial score (nSPS) is 15.9. The molecule has 9 nitrogen and oxygen atoms in total. The molecule has 1 saturated heterocycles. The number of aliphatic hydroxyl groups is 1. The van der Waals surface area contributed by atoms with E-state index in [0.717, 1.165) is 29.5 Å². The summed E-state index contributed by atoms with van der Waals surface area (Å²) in [7, 11) is 0. The molecule has 1 unspecified atom stereocenters. The lowest BCUT2D eigenvalue weighted by molar-refractivity contribution is -0.122. The number of aryl methyl sites for hydroxylation is 2. The van der Waals surface area contributed by atoms with Crippen molar-refractivity contribution < 1.29 is 19.1 Å². The van der Waals surface area contributed by atoms with Crippen molar-refractivity contribution in [1.82, 2.24) is 20.1 Å². The van der Waals surface area contributed by atoms with Gasteiger partial charge in [0.05, 0.1) is 11.1 Å². The SMILES string of the molecule is Cc1cccc(-c2nc(C(=O)Nc3cc4cn(CCC5CCNC5=O)nc4cc3C(C)(C)O)co2)c1. The summed E-state index contributed by atoms with van der Waals surface area (Å²) >= 11 is 0. The van der Waals surface area contributed by atoms with Crippen LogP contribution in [0.15, 0.2) is 53.3 Å². The number of anilines is 1. The molecule has 186 valence electrons. The summed E-state index contributed by atoms with van der Waals surface area (Å²) < 4.78 is 7.36. The summed E-state index contributed by atoms with van der Waals surface area (Å²) in [5.74, 6) is 0.0204. The summed E-state index contributed by atoms with van der Waals surface area (Å²) in [6.07, 6.45) is 4.76. The predicted octanol–water partition coefficient (Wildman–Crippen LogP) is 4.01. The van der Waals surface area contributed by atoms with Crippen LogP contribution in [0.5, 0.6) is 0 Å². The minimum Gasteiger partial charge on any atom is -0.444 e. The summed E-state index contributed by atoms with van der Waals surface area (Å²) in [6.45, 7) is 6.62. The van der Waals surface area contributed by atoms with Gasteiger partial charge in [-0.05, 0) is 57.9 Å². The molecule has 1 aliphatic rings. The van der Waals surface area contributed by atoms with Crippen LogP contribution in [0, 0.1) is 12.8 Å². The number of hydrogen-bond donors (Lipinski definition) is 3. The molecule has 9 heteroatoms. The molecule has 2 aromatic heterocycles. The number of nitrogens with zero attached hydrogens (tertiary/aromatic N) is 3. The van der Waals surface area contributed by atoms with E-state index in [4.69, 9.17) is 4.42 Å². The lowest BCUT2D eigenvalue weighted by Gasteiger charge is -2.21. The Morgan fingerprint density at radius 3 is 2.86 bits per heavy atom. The van der Waals surface area contributed by atoms with Gasteiger partial charge in [0.25, 0.3) is 5.91 Å². The van der Waals surface area contributed by atoms with E-state index in [9.17, 15) is 14.7 Å². The standard InChI is InChI=1S/C27H29N5O4/c1-16-5-4-6-18(11-16)26-30-23(15-36-26)25(34)29-22-12-19-14-32(10-8-17-7-9-28-24(17)33)31-21(19)13-20(22)27(2,3)35/h4-6,11-15,17,35H,7-10H2,1-3H3,(H,28,33)(H,29,34). The molecule has 36 heavy (non-hydrogen) atoms. The van der Waals surface area contributed by atoms with Crippen molar-refractivity contribution in [3.63, 3.8) is 0 Å². The van der Waals surface area contributed by atoms with Crippen molar-refractivity contribution in [2.24, 2.45) is 5.92 Å². The van der Waals surface area contributed by atoms with Crippen molar-refractivity contribution in [1.29, 1.82) is 0 Å². The van der Waals surface area contributed by atoms with E-state index >= 15 is 0 Å². The molecule has 0 aliphatic carbocycles. The van der Waals surface area contributed by atoms with Crippen LogP contribution in [0.2, 0.25) is 0 Å². The second-order valence-electron chi connectivity index (χ2n) is 9.83. The number of carbonyl (C=O) groups excluding carboxylic acids is 2. The van der Waals surface area contributed by atoms with E-state index < -0.39 is 11.5 Å². The number of hydrogen-bond acceptors (Lipinski definition) is 6. The average Bonchev–Trinajstić information content (AvgIpc) is 3.56. The molecule has 5 rings (SSSR count). The lowest BCUT2D eigenvalue weighted by atomic mass is 9.95. The quantitative estimate of drug-likeness (QED) is 0.362. The molecular weight excluding hydrogens is 458 g/mol. The summed E-state index contributed by atoms with van der Waals surface area (Å²) in [5, 5.41) is 22.0. The van der Waals surface area contributed by atoms with Gasteiger partial charge in [0.15, 0.2) is 5.69 Å². The Hall–Kier alpha value is -3.98. The molecule has 4 aromatic rings. The molecule has 1 atom stereocenters. The molecule has 0 spiro atoms. The van der Waals surface area contributed by atoms with Gasteiger partial charge in [-0.1, -0.05) is 17.7 Å². The molecule has 0 saturated carbocycles. The van der Waals surface area contributed by atoms with E-state index in [-0.39, 0.29) is 17.5 Å². The number of aromatic nitrogens is 3. The maximum atomic E-state index is 13.1. The van der Waals surface area contributed by atoms with Gasteiger partial charge in [0.2, 0.25) is 11.8 Å². The maximum Gasteiger partial charge on any atom is 0.277 e. The predicted molar refractivity (Wildman–Crippen MR) is 135 cm³/mol. The van der Waals surface area contributed by atoms with Crippen molar-refractivity contribution in [2.75, 3.05) is 11.9 Å². The second kappa shape index (κ2) is 9.23. The molecule has 1 fully saturated rings. The van der Waals surface area contributed by atoms with Crippen molar-refractivity contribution in [3.05, 3.63) is 65.7 Å². The monoisotopic (exact) mass is 487 g/mol. The maximum absolute atomic E-state index is 13.1. The summed E-state index contributed by atoms with van der Waals surface area (Å²) in [5.41, 5.74) is 2.46. The third-order valence-electron chi connectivity index (χ3n) is 6.47. The number of rotatable bonds is 7. The Labute approximate surface area is 208 Å². The first kappa shape index (κ1) is 23.7. The minimum absolute atomic E-state index is 0.00579. The van der Waals surface area contributed by atoms with E-state index in [1.165, 1.54) is 6.26 Å². The van der Waals surface area contributed by atoms with Gasteiger partial charge in [-0.3, -0.25) is 14.3 Å². The van der Waals surface area contributed by atoms with Gasteiger partial charge in [-0.2, -0.15) is 5.10 Å². The number of carbonyl (C=O) groups is 2. The Kier molecular flexibility index (Phi) is 6.09. The third-order valence-corrected chi connectivity index (χ3v) is 6.47. The van der Waals surface area contributed by atoms with Gasteiger partial charge in [-0.25, -0.2) is 4.98 Å². The van der Waals surface area contributed by atoms with Crippen molar-refractivity contribution >= 4 is 28.4 Å². The minimum atomic E-state index is -1.22.